The molecule has 82 valence electrons. The number of rotatable bonds is 2. The van der Waals surface area contributed by atoms with Crippen molar-refractivity contribution < 1.29 is 4.74 Å². The fraction of sp³-hybridized carbons (Fsp3) is 0.600. The van der Waals surface area contributed by atoms with Crippen LogP contribution in [-0.2, 0) is 11.3 Å². The first-order valence-corrected chi connectivity index (χ1v) is 5.43. The summed E-state index contributed by atoms with van der Waals surface area (Å²) in [4.78, 5) is 10.3. The molecular formula is C10H14ClN3O. The van der Waals surface area contributed by atoms with Crippen molar-refractivity contribution in [3.8, 4) is 0 Å². The van der Waals surface area contributed by atoms with Crippen LogP contribution < -0.4 is 0 Å². The minimum absolute atomic E-state index is 0.302. The van der Waals surface area contributed by atoms with Crippen LogP contribution in [0.15, 0.2) is 12.3 Å². The van der Waals surface area contributed by atoms with E-state index >= 15 is 0 Å². The van der Waals surface area contributed by atoms with Crippen molar-refractivity contribution >= 4 is 11.6 Å². The average molecular weight is 228 g/mol. The molecule has 0 spiro atoms. The first-order chi connectivity index (χ1) is 7.24. The third-order valence-corrected chi connectivity index (χ3v) is 2.58. The summed E-state index contributed by atoms with van der Waals surface area (Å²) in [5.41, 5.74) is 0.962. The second-order valence-corrected chi connectivity index (χ2v) is 4.07. The number of hydrogen-bond donors (Lipinski definition) is 0. The Balaban J connectivity index is 1.96. The van der Waals surface area contributed by atoms with Crippen LogP contribution >= 0.6 is 11.6 Å². The molecule has 0 aromatic carbocycles. The molecule has 1 aliphatic heterocycles. The quantitative estimate of drug-likeness (QED) is 0.715. The smallest absolute Gasteiger partial charge is 0.222 e. The van der Waals surface area contributed by atoms with E-state index < -0.39 is 0 Å². The van der Waals surface area contributed by atoms with Gasteiger partial charge in [0.15, 0.2) is 0 Å². The Labute approximate surface area is 94.2 Å². The number of halogens is 1. The van der Waals surface area contributed by atoms with E-state index in [-0.39, 0.29) is 0 Å². The maximum absolute atomic E-state index is 5.73. The number of aromatic nitrogens is 2. The van der Waals surface area contributed by atoms with E-state index in [4.69, 9.17) is 16.3 Å². The molecule has 0 aliphatic carbocycles. The van der Waals surface area contributed by atoms with Gasteiger partial charge in [-0.2, -0.15) is 0 Å². The summed E-state index contributed by atoms with van der Waals surface area (Å²) in [6, 6.07) is 1.89. The summed E-state index contributed by atoms with van der Waals surface area (Å²) in [5, 5.41) is 0.314. The van der Waals surface area contributed by atoms with Gasteiger partial charge < -0.3 is 4.74 Å². The van der Waals surface area contributed by atoms with E-state index in [1.54, 1.807) is 6.20 Å². The van der Waals surface area contributed by atoms with Gasteiger partial charge in [0.05, 0.1) is 18.4 Å². The van der Waals surface area contributed by atoms with E-state index in [0.717, 1.165) is 31.9 Å². The molecule has 0 N–H and O–H groups in total. The molecule has 1 saturated heterocycles. The van der Waals surface area contributed by atoms with Gasteiger partial charge in [-0.15, -0.1) is 0 Å². The summed E-state index contributed by atoms with van der Waals surface area (Å²) in [6.07, 6.45) is 1.99. The highest BCUT2D eigenvalue weighted by Gasteiger charge is 2.16. The van der Waals surface area contributed by atoms with Gasteiger partial charge in [0, 0.05) is 25.8 Å². The molecule has 1 aromatic heterocycles. The predicted molar refractivity (Wildman–Crippen MR) is 57.7 cm³/mol. The highest BCUT2D eigenvalue weighted by atomic mass is 35.5. The van der Waals surface area contributed by atoms with Crippen LogP contribution in [0.25, 0.3) is 0 Å². The third kappa shape index (κ3) is 3.12. The lowest BCUT2D eigenvalue weighted by Gasteiger charge is -2.30. The van der Waals surface area contributed by atoms with Crippen LogP contribution in [-0.4, -0.2) is 40.7 Å². The number of nitrogens with zero attached hydrogens (tertiary/aromatic N) is 3. The molecule has 1 unspecified atom stereocenters. The number of hydrogen-bond acceptors (Lipinski definition) is 4. The zero-order chi connectivity index (χ0) is 10.7. The first-order valence-electron chi connectivity index (χ1n) is 5.05. The van der Waals surface area contributed by atoms with Crippen LogP contribution in [0.3, 0.4) is 0 Å². The molecule has 4 nitrogen and oxygen atoms in total. The topological polar surface area (TPSA) is 38.2 Å². The Morgan fingerprint density at radius 3 is 3.27 bits per heavy atom. The van der Waals surface area contributed by atoms with Gasteiger partial charge in [-0.05, 0) is 24.6 Å². The largest absolute Gasteiger partial charge is 0.376 e. The fourth-order valence-electron chi connectivity index (χ4n) is 1.72. The Morgan fingerprint density at radius 1 is 1.67 bits per heavy atom. The van der Waals surface area contributed by atoms with Crippen molar-refractivity contribution in [3.05, 3.63) is 23.2 Å². The molecule has 1 aromatic rings. The molecule has 2 heterocycles. The Bertz CT molecular complexity index is 334. The zero-order valence-corrected chi connectivity index (χ0v) is 9.44. The lowest BCUT2D eigenvalue weighted by molar-refractivity contribution is -0.0215. The highest BCUT2D eigenvalue weighted by molar-refractivity contribution is 6.28. The molecule has 0 bridgehead atoms. The maximum Gasteiger partial charge on any atom is 0.222 e. The van der Waals surface area contributed by atoms with Gasteiger partial charge in [-0.3, -0.25) is 4.90 Å². The second-order valence-electron chi connectivity index (χ2n) is 3.73. The lowest BCUT2D eigenvalue weighted by Crippen LogP contribution is -2.40. The minimum Gasteiger partial charge on any atom is -0.376 e. The SMILES string of the molecule is CC1CN(Cc2ccnc(Cl)n2)CCO1. The summed E-state index contributed by atoms with van der Waals surface area (Å²) < 4.78 is 5.47. The van der Waals surface area contributed by atoms with E-state index in [0.29, 0.717) is 11.4 Å². The minimum atomic E-state index is 0.302. The molecule has 1 fully saturated rings. The van der Waals surface area contributed by atoms with Crippen LogP contribution in [0, 0.1) is 0 Å². The van der Waals surface area contributed by atoms with Gasteiger partial charge >= 0.3 is 0 Å². The third-order valence-electron chi connectivity index (χ3n) is 2.39. The molecular weight excluding hydrogens is 214 g/mol. The first kappa shape index (κ1) is 10.8. The summed E-state index contributed by atoms with van der Waals surface area (Å²) >= 11 is 5.73. The average Bonchev–Trinajstić information content (AvgIpc) is 2.17. The zero-order valence-electron chi connectivity index (χ0n) is 8.69. The molecule has 15 heavy (non-hydrogen) atoms. The summed E-state index contributed by atoms with van der Waals surface area (Å²) in [5.74, 6) is 0. The Hall–Kier alpha value is -0.710. The molecule has 0 saturated carbocycles. The second kappa shape index (κ2) is 4.88. The van der Waals surface area contributed by atoms with Gasteiger partial charge in [-0.1, -0.05) is 0 Å². The fourth-order valence-corrected chi connectivity index (χ4v) is 1.89. The molecule has 0 radical (unpaired) electrons. The van der Waals surface area contributed by atoms with E-state index in [9.17, 15) is 0 Å². The molecule has 5 heteroatoms. The Kier molecular flexibility index (Phi) is 3.51. The maximum atomic E-state index is 5.73. The van der Waals surface area contributed by atoms with Crippen molar-refractivity contribution in [2.24, 2.45) is 0 Å². The standard InChI is InChI=1S/C10H14ClN3O/c1-8-6-14(4-5-15-8)7-9-2-3-12-10(11)13-9/h2-3,8H,4-7H2,1H3. The van der Waals surface area contributed by atoms with Crippen LogP contribution in [0.5, 0.6) is 0 Å². The van der Waals surface area contributed by atoms with Crippen LogP contribution in [0.2, 0.25) is 5.28 Å². The number of ether oxygens (including phenoxy) is 1. The molecule has 2 rings (SSSR count). The van der Waals surface area contributed by atoms with E-state index in [2.05, 4.69) is 21.8 Å². The van der Waals surface area contributed by atoms with Gasteiger partial charge in [0.2, 0.25) is 5.28 Å². The monoisotopic (exact) mass is 227 g/mol. The summed E-state index contributed by atoms with van der Waals surface area (Å²) in [6.45, 7) is 5.59. The molecule has 1 aliphatic rings. The van der Waals surface area contributed by atoms with Crippen molar-refractivity contribution in [1.29, 1.82) is 0 Å². The lowest BCUT2D eigenvalue weighted by atomic mass is 10.3. The van der Waals surface area contributed by atoms with Gasteiger partial charge in [0.1, 0.15) is 0 Å². The number of morpholine rings is 1. The van der Waals surface area contributed by atoms with E-state index in [1.165, 1.54) is 0 Å². The van der Waals surface area contributed by atoms with Gasteiger partial charge in [0.25, 0.3) is 0 Å². The molecule has 1 atom stereocenters. The van der Waals surface area contributed by atoms with Crippen LogP contribution in [0.1, 0.15) is 12.6 Å². The van der Waals surface area contributed by atoms with Crippen molar-refractivity contribution in [3.63, 3.8) is 0 Å². The van der Waals surface area contributed by atoms with Gasteiger partial charge in [-0.25, -0.2) is 9.97 Å². The van der Waals surface area contributed by atoms with Crippen molar-refractivity contribution in [2.75, 3.05) is 19.7 Å². The normalized spacial score (nSPS) is 22.9. The highest BCUT2D eigenvalue weighted by Crippen LogP contribution is 2.09. The molecule has 0 amide bonds. The summed E-state index contributed by atoms with van der Waals surface area (Å²) in [7, 11) is 0. The van der Waals surface area contributed by atoms with Crippen molar-refractivity contribution in [1.82, 2.24) is 14.9 Å². The van der Waals surface area contributed by atoms with Crippen molar-refractivity contribution in [2.45, 2.75) is 19.6 Å². The Morgan fingerprint density at radius 2 is 2.53 bits per heavy atom. The predicted octanol–water partition coefficient (Wildman–Crippen LogP) is 1.35. The van der Waals surface area contributed by atoms with Crippen LogP contribution in [0.4, 0.5) is 0 Å². The van der Waals surface area contributed by atoms with E-state index in [1.807, 2.05) is 6.07 Å².